The maximum absolute atomic E-state index is 2.18. The summed E-state index contributed by atoms with van der Waals surface area (Å²) in [7, 11) is 0. The molecule has 0 aliphatic rings. The average Bonchev–Trinajstić information content (AvgIpc) is 2.87. The molecule has 0 fully saturated rings. The summed E-state index contributed by atoms with van der Waals surface area (Å²) < 4.78 is 0. The number of rotatable bonds is 2. The van der Waals surface area contributed by atoms with Crippen LogP contribution < -0.4 is 0 Å². The first kappa shape index (κ1) is 31.3. The first-order chi connectivity index (χ1) is 15.5. The molecule has 3 aromatic rings. The van der Waals surface area contributed by atoms with Crippen molar-refractivity contribution >= 4 is 5.57 Å². The smallest absolute Gasteiger partial charge is 0.0231 e. The highest BCUT2D eigenvalue weighted by atomic mass is 13.9. The van der Waals surface area contributed by atoms with Gasteiger partial charge in [0.05, 0.1) is 0 Å². The van der Waals surface area contributed by atoms with Gasteiger partial charge < -0.3 is 0 Å². The minimum absolute atomic E-state index is 1.14. The zero-order chi connectivity index (χ0) is 24.6. The molecule has 0 aromatic heterocycles. The standard InChI is InChI=1S/C10H12.C9H12.C7H8.C4H8.C2H6/c1-3-9(2)10-7-5-4-6-8-10;1-3-9-6-4-8(2)5-7-9;1-7-5-3-2-4-6-7;1-3-4-2;1-2/h3-8H,1-2H3;4-7H,3H2,1-2H3;2-6H,1H3;3-4H,1-2H3;1-2H3/b9-3+;;;4-3-;. The molecule has 3 rings (SSSR count). The van der Waals surface area contributed by atoms with Gasteiger partial charge in [0.25, 0.3) is 0 Å². The molecule has 0 bridgehead atoms. The van der Waals surface area contributed by atoms with Crippen molar-refractivity contribution in [2.24, 2.45) is 0 Å². The van der Waals surface area contributed by atoms with Crippen LogP contribution in [0.1, 0.15) is 70.7 Å². The van der Waals surface area contributed by atoms with Crippen molar-refractivity contribution < 1.29 is 0 Å². The van der Waals surface area contributed by atoms with Crippen molar-refractivity contribution in [2.45, 2.75) is 68.7 Å². The predicted octanol–water partition coefficient (Wildman–Crippen LogP) is 10.3. The summed E-state index contributed by atoms with van der Waals surface area (Å²) in [5.41, 5.74) is 6.72. The van der Waals surface area contributed by atoms with Crippen LogP contribution in [0.15, 0.2) is 103 Å². The number of hydrogen-bond acceptors (Lipinski definition) is 0. The van der Waals surface area contributed by atoms with Crippen molar-refractivity contribution in [1.29, 1.82) is 0 Å². The van der Waals surface area contributed by atoms with E-state index in [9.17, 15) is 0 Å². The van der Waals surface area contributed by atoms with E-state index in [2.05, 4.69) is 101 Å². The average molecular weight is 431 g/mol. The van der Waals surface area contributed by atoms with Gasteiger partial charge in [0.15, 0.2) is 0 Å². The third-order valence-electron chi connectivity index (χ3n) is 4.46. The van der Waals surface area contributed by atoms with E-state index >= 15 is 0 Å². The highest BCUT2D eigenvalue weighted by molar-refractivity contribution is 5.62. The molecule has 0 aliphatic carbocycles. The topological polar surface area (TPSA) is 0 Å². The van der Waals surface area contributed by atoms with Crippen molar-refractivity contribution in [2.75, 3.05) is 0 Å². The van der Waals surface area contributed by atoms with E-state index in [0.717, 1.165) is 6.42 Å². The number of allylic oxidation sites excluding steroid dienone is 4. The van der Waals surface area contributed by atoms with E-state index in [1.807, 2.05) is 64.1 Å². The van der Waals surface area contributed by atoms with Gasteiger partial charge in [-0.1, -0.05) is 135 Å². The minimum atomic E-state index is 1.14. The summed E-state index contributed by atoms with van der Waals surface area (Å²) in [6.45, 7) is 18.5. The van der Waals surface area contributed by atoms with Gasteiger partial charge in [-0.2, -0.15) is 0 Å². The predicted molar refractivity (Wildman–Crippen MR) is 149 cm³/mol. The first-order valence-corrected chi connectivity index (χ1v) is 11.8. The Hall–Kier alpha value is -2.86. The molecule has 0 saturated heterocycles. The van der Waals surface area contributed by atoms with Gasteiger partial charge >= 0.3 is 0 Å². The molecule has 0 heteroatoms. The highest BCUT2D eigenvalue weighted by Gasteiger charge is 1.88. The van der Waals surface area contributed by atoms with E-state index in [4.69, 9.17) is 0 Å². The maximum Gasteiger partial charge on any atom is -0.0231 e. The summed E-state index contributed by atoms with van der Waals surface area (Å²) in [6, 6.07) is 29.3. The van der Waals surface area contributed by atoms with Crippen LogP contribution in [-0.2, 0) is 6.42 Å². The second-order valence-corrected chi connectivity index (χ2v) is 7.00. The highest BCUT2D eigenvalue weighted by Crippen LogP contribution is 2.11. The Kier molecular flexibility index (Phi) is 22.3. The van der Waals surface area contributed by atoms with Gasteiger partial charge in [-0.05, 0) is 64.7 Å². The van der Waals surface area contributed by atoms with E-state index in [-0.39, 0.29) is 0 Å². The SMILES string of the molecule is C/C=C(\C)c1ccccc1.C/C=C\C.CC.CCc1ccc(C)cc1.Cc1ccccc1. The molecule has 0 N–H and O–H groups in total. The lowest BCUT2D eigenvalue weighted by molar-refractivity contribution is 1.14. The van der Waals surface area contributed by atoms with E-state index < -0.39 is 0 Å². The fourth-order valence-electron chi connectivity index (χ4n) is 2.23. The third-order valence-corrected chi connectivity index (χ3v) is 4.46. The fraction of sp³-hybridized carbons (Fsp3) is 0.312. The lowest BCUT2D eigenvalue weighted by Crippen LogP contribution is -1.77. The molecular weight excluding hydrogens is 384 g/mol. The molecule has 0 radical (unpaired) electrons. The molecule has 0 atom stereocenters. The summed E-state index contributed by atoms with van der Waals surface area (Å²) in [5, 5.41) is 0. The number of hydrogen-bond donors (Lipinski definition) is 0. The molecule has 0 amide bonds. The molecule has 0 heterocycles. The molecular formula is C32H46. The van der Waals surface area contributed by atoms with Gasteiger partial charge in [-0.15, -0.1) is 0 Å². The third kappa shape index (κ3) is 18.0. The normalized spacial score (nSPS) is 9.59. The van der Waals surface area contributed by atoms with Crippen LogP contribution in [0.2, 0.25) is 0 Å². The molecule has 0 unspecified atom stereocenters. The summed E-state index contributed by atoms with van der Waals surface area (Å²) in [4.78, 5) is 0. The number of benzene rings is 3. The van der Waals surface area contributed by atoms with Gasteiger partial charge in [-0.25, -0.2) is 0 Å². The van der Waals surface area contributed by atoms with Crippen LogP contribution in [0.5, 0.6) is 0 Å². The molecule has 0 saturated carbocycles. The zero-order valence-corrected chi connectivity index (χ0v) is 22.0. The largest absolute Gasteiger partial charge is 0.0919 e. The Bertz CT molecular complexity index is 803. The van der Waals surface area contributed by atoms with Crippen LogP contribution in [0.3, 0.4) is 0 Å². The van der Waals surface area contributed by atoms with E-state index in [1.54, 1.807) is 0 Å². The van der Waals surface area contributed by atoms with Crippen LogP contribution in [0, 0.1) is 13.8 Å². The molecule has 0 nitrogen and oxygen atoms in total. The van der Waals surface area contributed by atoms with Gasteiger partial charge in [0.2, 0.25) is 0 Å². The van der Waals surface area contributed by atoms with Gasteiger partial charge in [-0.3, -0.25) is 0 Å². The first-order valence-electron chi connectivity index (χ1n) is 11.8. The van der Waals surface area contributed by atoms with E-state index in [0.29, 0.717) is 0 Å². The Balaban J connectivity index is 0. The number of aryl methyl sites for hydroxylation is 3. The Morgan fingerprint density at radius 1 is 0.625 bits per heavy atom. The lowest BCUT2D eigenvalue weighted by atomic mass is 10.1. The van der Waals surface area contributed by atoms with Gasteiger partial charge in [0, 0.05) is 0 Å². The maximum atomic E-state index is 2.18. The Morgan fingerprint density at radius 2 is 1.03 bits per heavy atom. The Morgan fingerprint density at radius 3 is 1.34 bits per heavy atom. The van der Waals surface area contributed by atoms with Crippen LogP contribution in [0.4, 0.5) is 0 Å². The van der Waals surface area contributed by atoms with Crippen molar-refractivity contribution in [3.8, 4) is 0 Å². The Labute approximate surface area is 199 Å². The fourth-order valence-corrected chi connectivity index (χ4v) is 2.23. The second kappa shape index (κ2) is 22.8. The molecule has 174 valence electrons. The van der Waals surface area contributed by atoms with Crippen LogP contribution in [0.25, 0.3) is 5.57 Å². The second-order valence-electron chi connectivity index (χ2n) is 7.00. The van der Waals surface area contributed by atoms with Crippen LogP contribution >= 0.6 is 0 Å². The van der Waals surface area contributed by atoms with Gasteiger partial charge in [0.1, 0.15) is 0 Å². The molecule has 0 aliphatic heterocycles. The summed E-state index contributed by atoms with van der Waals surface area (Å²) in [5.74, 6) is 0. The minimum Gasteiger partial charge on any atom is -0.0919 e. The quantitative estimate of drug-likeness (QED) is 0.355. The van der Waals surface area contributed by atoms with Crippen molar-refractivity contribution in [3.63, 3.8) is 0 Å². The summed E-state index contributed by atoms with van der Waals surface area (Å²) >= 11 is 0. The summed E-state index contributed by atoms with van der Waals surface area (Å²) in [6.07, 6.45) is 7.26. The lowest BCUT2D eigenvalue weighted by Gasteiger charge is -1.97. The molecule has 3 aromatic carbocycles. The molecule has 32 heavy (non-hydrogen) atoms. The molecule has 0 spiro atoms. The van der Waals surface area contributed by atoms with Crippen molar-refractivity contribution in [1.82, 2.24) is 0 Å². The van der Waals surface area contributed by atoms with Crippen LogP contribution in [-0.4, -0.2) is 0 Å². The van der Waals surface area contributed by atoms with Crippen molar-refractivity contribution in [3.05, 3.63) is 125 Å². The zero-order valence-electron chi connectivity index (χ0n) is 22.0. The monoisotopic (exact) mass is 430 g/mol. The van der Waals surface area contributed by atoms with E-state index in [1.165, 1.54) is 27.8 Å².